The number of carbonyl (C=O) groups is 3. The van der Waals surface area contributed by atoms with Gasteiger partial charge in [-0.15, -0.1) is 0 Å². The van der Waals surface area contributed by atoms with Crippen LogP contribution in [0.3, 0.4) is 0 Å². The van der Waals surface area contributed by atoms with E-state index in [-0.39, 0.29) is 43.2 Å². The van der Waals surface area contributed by atoms with Crippen molar-refractivity contribution in [2.24, 2.45) is 5.92 Å². The van der Waals surface area contributed by atoms with Gasteiger partial charge in [0.25, 0.3) is 0 Å². The van der Waals surface area contributed by atoms with Gasteiger partial charge in [0.15, 0.2) is 0 Å². The van der Waals surface area contributed by atoms with E-state index in [9.17, 15) is 14.4 Å². The molecule has 2 aromatic rings. The van der Waals surface area contributed by atoms with Gasteiger partial charge in [-0.1, -0.05) is 68.3 Å². The molecule has 35 heavy (non-hydrogen) atoms. The summed E-state index contributed by atoms with van der Waals surface area (Å²) in [7, 11) is 0. The molecule has 0 radical (unpaired) electrons. The minimum absolute atomic E-state index is 0.000586. The highest BCUT2D eigenvalue weighted by molar-refractivity contribution is 5.80. The van der Waals surface area contributed by atoms with Crippen molar-refractivity contribution < 1.29 is 24.2 Å². The number of ether oxygens (including phenoxy) is 1. The molecule has 2 aliphatic rings. The van der Waals surface area contributed by atoms with Gasteiger partial charge in [0.05, 0.1) is 0 Å². The number of alkyl carbamates (subject to hydrolysis) is 1. The fraction of sp³-hybridized carbons (Fsp3) is 0.464. The van der Waals surface area contributed by atoms with Crippen LogP contribution in [0.25, 0.3) is 11.1 Å². The molecule has 2 aromatic carbocycles. The van der Waals surface area contributed by atoms with Crippen LogP contribution < -0.4 is 5.32 Å². The number of amides is 2. The molecule has 2 unspecified atom stereocenters. The zero-order valence-electron chi connectivity index (χ0n) is 20.2. The zero-order chi connectivity index (χ0) is 24.8. The maximum atomic E-state index is 12.9. The van der Waals surface area contributed by atoms with E-state index in [0.717, 1.165) is 24.0 Å². The Balaban J connectivity index is 1.34. The Morgan fingerprint density at radius 3 is 2.37 bits per heavy atom. The number of rotatable bonds is 10. The lowest BCUT2D eigenvalue weighted by molar-refractivity contribution is -0.138. The monoisotopic (exact) mass is 478 g/mol. The second-order valence-corrected chi connectivity index (χ2v) is 9.61. The van der Waals surface area contributed by atoms with E-state index in [0.29, 0.717) is 25.9 Å². The number of hydrogen-bond donors (Lipinski definition) is 2. The molecule has 0 bridgehead atoms. The molecule has 7 nitrogen and oxygen atoms in total. The number of nitrogens with zero attached hydrogens (tertiary/aromatic N) is 1. The SMILES string of the molecule is CCCCC(CC(=O)N1CCC(CC(=O)O)C1)NC(=O)OCC1c2ccccc2-c2ccccc21. The van der Waals surface area contributed by atoms with E-state index < -0.39 is 12.1 Å². The summed E-state index contributed by atoms with van der Waals surface area (Å²) in [5, 5.41) is 11.9. The lowest BCUT2D eigenvalue weighted by Crippen LogP contribution is -2.40. The third-order valence-electron chi connectivity index (χ3n) is 7.09. The summed E-state index contributed by atoms with van der Waals surface area (Å²) in [5.74, 6) is -0.889. The van der Waals surface area contributed by atoms with Crippen molar-refractivity contribution in [2.75, 3.05) is 19.7 Å². The van der Waals surface area contributed by atoms with Gasteiger partial charge in [-0.25, -0.2) is 4.79 Å². The Morgan fingerprint density at radius 1 is 1.09 bits per heavy atom. The maximum absolute atomic E-state index is 12.9. The Hall–Kier alpha value is -3.35. The van der Waals surface area contributed by atoms with E-state index in [4.69, 9.17) is 9.84 Å². The number of benzene rings is 2. The highest BCUT2D eigenvalue weighted by atomic mass is 16.5. The molecule has 4 rings (SSSR count). The molecule has 186 valence electrons. The van der Waals surface area contributed by atoms with Crippen LogP contribution >= 0.6 is 0 Å². The minimum atomic E-state index is -0.831. The van der Waals surface area contributed by atoms with Crippen LogP contribution in [-0.4, -0.2) is 53.7 Å². The first-order valence-electron chi connectivity index (χ1n) is 12.6. The fourth-order valence-corrected chi connectivity index (χ4v) is 5.30. The quantitative estimate of drug-likeness (QED) is 0.512. The molecule has 2 N–H and O–H groups in total. The summed E-state index contributed by atoms with van der Waals surface area (Å²) in [5.41, 5.74) is 4.67. The average Bonchev–Trinajstić information content (AvgIpc) is 3.43. The largest absolute Gasteiger partial charge is 0.481 e. The molecule has 0 aromatic heterocycles. The van der Waals surface area contributed by atoms with Crippen LogP contribution in [0.5, 0.6) is 0 Å². The van der Waals surface area contributed by atoms with Crippen LogP contribution in [0.1, 0.15) is 62.5 Å². The van der Waals surface area contributed by atoms with E-state index in [1.807, 2.05) is 24.3 Å². The molecular formula is C28H34N2O5. The molecule has 2 atom stereocenters. The molecule has 1 aliphatic carbocycles. The number of likely N-dealkylation sites (tertiary alicyclic amines) is 1. The molecule has 7 heteroatoms. The standard InChI is InChI=1S/C28H34N2O5/c1-2-3-8-20(16-26(31)30-14-13-19(17-30)15-27(32)33)29-28(34)35-18-25-23-11-6-4-9-21(23)22-10-5-7-12-24(22)25/h4-7,9-12,19-20,25H,2-3,8,13-18H2,1H3,(H,29,34)(H,32,33). The average molecular weight is 479 g/mol. The third kappa shape index (κ3) is 6.02. The minimum Gasteiger partial charge on any atom is -0.481 e. The van der Waals surface area contributed by atoms with E-state index in [2.05, 4.69) is 36.5 Å². The summed E-state index contributed by atoms with van der Waals surface area (Å²) in [6.07, 6.45) is 3.03. The van der Waals surface area contributed by atoms with Crippen LogP contribution in [0.2, 0.25) is 0 Å². The first-order chi connectivity index (χ1) is 17.0. The molecule has 1 aliphatic heterocycles. The summed E-state index contributed by atoms with van der Waals surface area (Å²) >= 11 is 0. The summed E-state index contributed by atoms with van der Waals surface area (Å²) in [6.45, 7) is 3.35. The second kappa shape index (κ2) is 11.4. The number of carboxylic acids is 1. The van der Waals surface area contributed by atoms with Crippen LogP contribution in [0.15, 0.2) is 48.5 Å². The van der Waals surface area contributed by atoms with Gasteiger partial charge in [0.2, 0.25) is 5.91 Å². The van der Waals surface area contributed by atoms with Crippen LogP contribution in [0, 0.1) is 5.92 Å². The molecule has 1 fully saturated rings. The number of nitrogens with one attached hydrogen (secondary N) is 1. The normalized spacial score (nSPS) is 17.5. The maximum Gasteiger partial charge on any atom is 0.407 e. The summed E-state index contributed by atoms with van der Waals surface area (Å²) in [6, 6.07) is 16.1. The lowest BCUT2D eigenvalue weighted by Gasteiger charge is -2.23. The molecular weight excluding hydrogens is 444 g/mol. The Morgan fingerprint density at radius 2 is 1.74 bits per heavy atom. The van der Waals surface area contributed by atoms with Gasteiger partial charge in [-0.3, -0.25) is 9.59 Å². The van der Waals surface area contributed by atoms with Crippen molar-refractivity contribution in [1.82, 2.24) is 10.2 Å². The predicted molar refractivity (Wildman–Crippen MR) is 133 cm³/mol. The van der Waals surface area contributed by atoms with Crippen LogP contribution in [-0.2, 0) is 14.3 Å². The number of unbranched alkanes of at least 4 members (excludes halogenated alkanes) is 1. The summed E-state index contributed by atoms with van der Waals surface area (Å²) < 4.78 is 5.68. The van der Waals surface area contributed by atoms with Crippen LogP contribution in [0.4, 0.5) is 4.79 Å². The Kier molecular flexibility index (Phi) is 8.06. The first kappa shape index (κ1) is 24.8. The van der Waals surface area contributed by atoms with Gasteiger partial charge in [0, 0.05) is 37.9 Å². The molecule has 1 saturated heterocycles. The Bertz CT molecular complexity index is 1020. The third-order valence-corrected chi connectivity index (χ3v) is 7.09. The second-order valence-electron chi connectivity index (χ2n) is 9.61. The molecule has 2 amide bonds. The van der Waals surface area contributed by atoms with Gasteiger partial charge >= 0.3 is 12.1 Å². The van der Waals surface area contributed by atoms with Gasteiger partial charge in [-0.05, 0) is 41.0 Å². The van der Waals surface area contributed by atoms with Gasteiger partial charge in [0.1, 0.15) is 6.61 Å². The topological polar surface area (TPSA) is 95.9 Å². The van der Waals surface area contributed by atoms with Gasteiger partial charge in [-0.2, -0.15) is 0 Å². The molecule has 1 heterocycles. The first-order valence-corrected chi connectivity index (χ1v) is 12.6. The van der Waals surface area contributed by atoms with Crippen molar-refractivity contribution in [2.45, 2.75) is 57.4 Å². The lowest BCUT2D eigenvalue weighted by atomic mass is 9.98. The van der Waals surface area contributed by atoms with Crippen molar-refractivity contribution in [1.29, 1.82) is 0 Å². The number of aliphatic carboxylic acids is 1. The van der Waals surface area contributed by atoms with Gasteiger partial charge < -0.3 is 20.1 Å². The van der Waals surface area contributed by atoms with Crippen molar-refractivity contribution in [3.8, 4) is 11.1 Å². The number of hydrogen-bond acceptors (Lipinski definition) is 4. The predicted octanol–water partition coefficient (Wildman–Crippen LogP) is 4.80. The van der Waals surface area contributed by atoms with Crippen molar-refractivity contribution in [3.05, 3.63) is 59.7 Å². The van der Waals surface area contributed by atoms with E-state index in [1.165, 1.54) is 11.1 Å². The van der Waals surface area contributed by atoms with E-state index >= 15 is 0 Å². The zero-order valence-corrected chi connectivity index (χ0v) is 20.2. The highest BCUT2D eigenvalue weighted by Gasteiger charge is 2.31. The fourth-order valence-electron chi connectivity index (χ4n) is 5.30. The number of carboxylic acid groups (broad SMARTS) is 1. The molecule has 0 saturated carbocycles. The van der Waals surface area contributed by atoms with Crippen molar-refractivity contribution in [3.63, 3.8) is 0 Å². The van der Waals surface area contributed by atoms with Crippen molar-refractivity contribution >= 4 is 18.0 Å². The smallest absolute Gasteiger partial charge is 0.407 e. The highest BCUT2D eigenvalue weighted by Crippen LogP contribution is 2.44. The number of fused-ring (bicyclic) bond motifs is 3. The molecule has 0 spiro atoms. The Labute approximate surface area is 206 Å². The summed E-state index contributed by atoms with van der Waals surface area (Å²) in [4.78, 5) is 38.3. The van der Waals surface area contributed by atoms with E-state index in [1.54, 1.807) is 4.90 Å². The number of carbonyl (C=O) groups excluding carboxylic acids is 2.